The number of methoxy groups -OCH3 is 1. The molecule has 1 saturated heterocycles. The van der Waals surface area contributed by atoms with E-state index in [1.165, 1.54) is 0 Å². The Bertz CT molecular complexity index is 829. The SMILES string of the molecule is CCOc1cccc(C(=O)N2CCN(C(=O)Cc3cccc(OC)c3)CC2)c1. The summed E-state index contributed by atoms with van der Waals surface area (Å²) in [6, 6.07) is 14.8. The van der Waals surface area contributed by atoms with Crippen LogP contribution in [0.15, 0.2) is 48.5 Å². The molecule has 1 fully saturated rings. The highest BCUT2D eigenvalue weighted by Gasteiger charge is 2.25. The van der Waals surface area contributed by atoms with Gasteiger partial charge in [-0.2, -0.15) is 0 Å². The Hall–Kier alpha value is -3.02. The molecule has 1 heterocycles. The predicted octanol–water partition coefficient (Wildman–Crippen LogP) is 2.62. The van der Waals surface area contributed by atoms with E-state index in [2.05, 4.69) is 0 Å². The fourth-order valence-electron chi connectivity index (χ4n) is 3.30. The summed E-state index contributed by atoms with van der Waals surface area (Å²) in [5.41, 5.74) is 1.54. The van der Waals surface area contributed by atoms with Gasteiger partial charge < -0.3 is 19.3 Å². The van der Waals surface area contributed by atoms with Crippen LogP contribution in [0, 0.1) is 0 Å². The number of benzene rings is 2. The van der Waals surface area contributed by atoms with Crippen LogP contribution in [0.3, 0.4) is 0 Å². The first-order chi connectivity index (χ1) is 13.6. The molecule has 6 heteroatoms. The van der Waals surface area contributed by atoms with Crippen LogP contribution in [-0.2, 0) is 11.2 Å². The minimum absolute atomic E-state index is 0.0264. The lowest BCUT2D eigenvalue weighted by molar-refractivity contribution is -0.131. The first-order valence-electron chi connectivity index (χ1n) is 9.53. The van der Waals surface area contributed by atoms with E-state index in [4.69, 9.17) is 9.47 Å². The molecule has 0 unspecified atom stereocenters. The number of nitrogens with zero attached hydrogens (tertiary/aromatic N) is 2. The molecular weight excluding hydrogens is 356 g/mol. The Morgan fingerprint density at radius 3 is 2.32 bits per heavy atom. The standard InChI is InChI=1S/C22H26N2O4/c1-3-28-20-9-5-7-18(16-20)22(26)24-12-10-23(11-13-24)21(25)15-17-6-4-8-19(14-17)27-2/h4-9,14,16H,3,10-13,15H2,1-2H3. The van der Waals surface area contributed by atoms with Gasteiger partial charge in [-0.15, -0.1) is 0 Å². The highest BCUT2D eigenvalue weighted by atomic mass is 16.5. The fourth-order valence-corrected chi connectivity index (χ4v) is 3.30. The second-order valence-electron chi connectivity index (χ2n) is 6.66. The quantitative estimate of drug-likeness (QED) is 0.771. The van der Waals surface area contributed by atoms with E-state index in [-0.39, 0.29) is 11.8 Å². The summed E-state index contributed by atoms with van der Waals surface area (Å²) in [6.07, 6.45) is 0.335. The molecular formula is C22H26N2O4. The van der Waals surface area contributed by atoms with Crippen molar-refractivity contribution in [3.05, 3.63) is 59.7 Å². The van der Waals surface area contributed by atoms with Gasteiger partial charge in [0.15, 0.2) is 0 Å². The van der Waals surface area contributed by atoms with Gasteiger partial charge in [-0.05, 0) is 42.8 Å². The molecule has 0 aliphatic carbocycles. The Labute approximate surface area is 165 Å². The molecule has 28 heavy (non-hydrogen) atoms. The third kappa shape index (κ3) is 4.82. The van der Waals surface area contributed by atoms with Gasteiger partial charge in [0.05, 0.1) is 20.1 Å². The molecule has 2 aromatic rings. The summed E-state index contributed by atoms with van der Waals surface area (Å²) in [7, 11) is 1.61. The zero-order valence-corrected chi connectivity index (χ0v) is 16.4. The van der Waals surface area contributed by atoms with Gasteiger partial charge in [-0.3, -0.25) is 9.59 Å². The van der Waals surface area contributed by atoms with E-state index in [1.807, 2.05) is 48.2 Å². The number of carbonyl (C=O) groups is 2. The zero-order valence-electron chi connectivity index (χ0n) is 16.4. The molecule has 2 aromatic carbocycles. The topological polar surface area (TPSA) is 59.1 Å². The molecule has 0 radical (unpaired) electrons. The van der Waals surface area contributed by atoms with Crippen LogP contribution in [0.1, 0.15) is 22.8 Å². The Balaban J connectivity index is 1.55. The highest BCUT2D eigenvalue weighted by molar-refractivity contribution is 5.94. The third-order valence-electron chi connectivity index (χ3n) is 4.80. The first kappa shape index (κ1) is 19.7. The van der Waals surface area contributed by atoms with Crippen LogP contribution in [0.5, 0.6) is 11.5 Å². The normalized spacial score (nSPS) is 13.9. The van der Waals surface area contributed by atoms with E-state index in [1.54, 1.807) is 24.1 Å². The fraction of sp³-hybridized carbons (Fsp3) is 0.364. The van der Waals surface area contributed by atoms with E-state index in [0.717, 1.165) is 11.3 Å². The number of ether oxygens (including phenoxy) is 2. The maximum Gasteiger partial charge on any atom is 0.254 e. The summed E-state index contributed by atoms with van der Waals surface area (Å²) in [5, 5.41) is 0. The van der Waals surface area contributed by atoms with Gasteiger partial charge >= 0.3 is 0 Å². The van der Waals surface area contributed by atoms with Gasteiger partial charge in [-0.25, -0.2) is 0 Å². The number of carbonyl (C=O) groups excluding carboxylic acids is 2. The van der Waals surface area contributed by atoms with Crippen molar-refractivity contribution in [2.24, 2.45) is 0 Å². The van der Waals surface area contributed by atoms with E-state index < -0.39 is 0 Å². The van der Waals surface area contributed by atoms with Crippen molar-refractivity contribution >= 4 is 11.8 Å². The lowest BCUT2D eigenvalue weighted by Crippen LogP contribution is -2.51. The summed E-state index contributed by atoms with van der Waals surface area (Å²) in [6.45, 7) is 4.62. The molecule has 2 amide bonds. The van der Waals surface area contributed by atoms with Crippen molar-refractivity contribution in [3.8, 4) is 11.5 Å². The van der Waals surface area contributed by atoms with Gasteiger partial charge in [0, 0.05) is 31.7 Å². The number of hydrogen-bond acceptors (Lipinski definition) is 4. The number of rotatable bonds is 6. The zero-order chi connectivity index (χ0) is 19.9. The van der Waals surface area contributed by atoms with E-state index >= 15 is 0 Å². The third-order valence-corrected chi connectivity index (χ3v) is 4.80. The summed E-state index contributed by atoms with van der Waals surface area (Å²) < 4.78 is 10.7. The minimum atomic E-state index is -0.0264. The maximum absolute atomic E-state index is 12.7. The van der Waals surface area contributed by atoms with E-state index in [9.17, 15) is 9.59 Å². The predicted molar refractivity (Wildman–Crippen MR) is 107 cm³/mol. The Morgan fingerprint density at radius 1 is 0.929 bits per heavy atom. The summed E-state index contributed by atoms with van der Waals surface area (Å²) >= 11 is 0. The molecule has 1 aliphatic rings. The molecule has 0 bridgehead atoms. The lowest BCUT2D eigenvalue weighted by Gasteiger charge is -2.35. The van der Waals surface area contributed by atoms with Crippen LogP contribution >= 0.6 is 0 Å². The Morgan fingerprint density at radius 2 is 1.61 bits per heavy atom. The molecule has 0 spiro atoms. The first-order valence-corrected chi connectivity index (χ1v) is 9.53. The average molecular weight is 382 g/mol. The van der Waals surface area contributed by atoms with Crippen molar-refractivity contribution in [1.82, 2.24) is 9.80 Å². The smallest absolute Gasteiger partial charge is 0.254 e. The van der Waals surface area contributed by atoms with E-state index in [0.29, 0.717) is 50.5 Å². The molecule has 3 rings (SSSR count). The second-order valence-corrected chi connectivity index (χ2v) is 6.66. The maximum atomic E-state index is 12.7. The van der Waals surface area contributed by atoms with Crippen LogP contribution in [0.4, 0.5) is 0 Å². The van der Waals surface area contributed by atoms with Crippen LogP contribution < -0.4 is 9.47 Å². The van der Waals surface area contributed by atoms with Crippen molar-refractivity contribution in [2.75, 3.05) is 39.9 Å². The highest BCUT2D eigenvalue weighted by Crippen LogP contribution is 2.17. The number of amides is 2. The van der Waals surface area contributed by atoms with Gasteiger partial charge in [0.2, 0.25) is 5.91 Å². The van der Waals surface area contributed by atoms with Crippen LogP contribution in [0.25, 0.3) is 0 Å². The lowest BCUT2D eigenvalue weighted by atomic mass is 10.1. The van der Waals surface area contributed by atoms with Crippen molar-refractivity contribution in [2.45, 2.75) is 13.3 Å². The van der Waals surface area contributed by atoms with Gasteiger partial charge in [0.25, 0.3) is 5.91 Å². The van der Waals surface area contributed by atoms with Gasteiger partial charge in [-0.1, -0.05) is 18.2 Å². The number of piperazine rings is 1. The number of hydrogen-bond donors (Lipinski definition) is 0. The Kier molecular flexibility index (Phi) is 6.53. The van der Waals surface area contributed by atoms with Crippen molar-refractivity contribution < 1.29 is 19.1 Å². The molecule has 1 aliphatic heterocycles. The van der Waals surface area contributed by atoms with Crippen molar-refractivity contribution in [3.63, 3.8) is 0 Å². The molecule has 148 valence electrons. The molecule has 6 nitrogen and oxygen atoms in total. The largest absolute Gasteiger partial charge is 0.497 e. The molecule has 0 aromatic heterocycles. The van der Waals surface area contributed by atoms with Gasteiger partial charge in [0.1, 0.15) is 11.5 Å². The van der Waals surface area contributed by atoms with Crippen LogP contribution in [-0.4, -0.2) is 61.5 Å². The summed E-state index contributed by atoms with van der Waals surface area (Å²) in [5.74, 6) is 1.48. The monoisotopic (exact) mass is 382 g/mol. The second kappa shape index (κ2) is 9.26. The average Bonchev–Trinajstić information content (AvgIpc) is 2.74. The summed E-state index contributed by atoms with van der Waals surface area (Å²) in [4.78, 5) is 29.0. The van der Waals surface area contributed by atoms with Crippen molar-refractivity contribution in [1.29, 1.82) is 0 Å². The molecule has 0 N–H and O–H groups in total. The van der Waals surface area contributed by atoms with Crippen LogP contribution in [0.2, 0.25) is 0 Å². The molecule has 0 atom stereocenters. The minimum Gasteiger partial charge on any atom is -0.497 e. The molecule has 0 saturated carbocycles.